The molecule has 3 rings (SSSR count). The Morgan fingerprint density at radius 2 is 1.97 bits per heavy atom. The molecule has 154 valence electrons. The Morgan fingerprint density at radius 3 is 2.67 bits per heavy atom. The van der Waals surface area contributed by atoms with Crippen LogP contribution >= 0.6 is 0 Å². The highest BCUT2D eigenvalue weighted by Gasteiger charge is 2.11. The monoisotopic (exact) mass is 407 g/mol. The largest absolute Gasteiger partial charge is 0.486 e. The SMILES string of the molecule is CC(C)c1ccc(OCc2ccc(C(=O)N/N=C/c3cccc([N+](=O)[O-])c3)o2)cc1. The van der Waals surface area contributed by atoms with Crippen LogP contribution in [0, 0.1) is 10.1 Å². The third-order valence-electron chi connectivity index (χ3n) is 4.27. The van der Waals surface area contributed by atoms with Crippen LogP contribution in [0.25, 0.3) is 0 Å². The summed E-state index contributed by atoms with van der Waals surface area (Å²) in [6.45, 7) is 4.43. The van der Waals surface area contributed by atoms with E-state index in [2.05, 4.69) is 24.4 Å². The number of nitrogens with zero attached hydrogens (tertiary/aromatic N) is 2. The number of carbonyl (C=O) groups excluding carboxylic acids is 1. The lowest BCUT2D eigenvalue weighted by atomic mass is 10.0. The van der Waals surface area contributed by atoms with Crippen molar-refractivity contribution >= 4 is 17.8 Å². The Kier molecular flexibility index (Phi) is 6.59. The molecule has 1 aromatic heterocycles. The number of benzene rings is 2. The van der Waals surface area contributed by atoms with Crippen LogP contribution in [0.15, 0.2) is 70.2 Å². The van der Waals surface area contributed by atoms with Gasteiger partial charge in [0.15, 0.2) is 5.76 Å². The number of furan rings is 1. The maximum Gasteiger partial charge on any atom is 0.307 e. The van der Waals surface area contributed by atoms with Crippen molar-refractivity contribution in [2.45, 2.75) is 26.4 Å². The predicted molar refractivity (Wildman–Crippen MR) is 112 cm³/mol. The van der Waals surface area contributed by atoms with Crippen molar-refractivity contribution in [2.75, 3.05) is 0 Å². The molecule has 2 aromatic carbocycles. The van der Waals surface area contributed by atoms with Crippen molar-refractivity contribution < 1.29 is 18.9 Å². The highest BCUT2D eigenvalue weighted by atomic mass is 16.6. The second-order valence-electron chi connectivity index (χ2n) is 6.83. The normalized spacial score (nSPS) is 11.0. The summed E-state index contributed by atoms with van der Waals surface area (Å²) in [5.74, 6) is 1.20. The standard InChI is InChI=1S/C22H21N3O5/c1-15(2)17-6-8-19(9-7-17)29-14-20-10-11-21(30-20)22(26)24-23-13-16-4-3-5-18(12-16)25(27)28/h3-13,15H,14H2,1-2H3,(H,24,26)/b23-13+. The molecule has 0 fully saturated rings. The fraction of sp³-hybridized carbons (Fsp3) is 0.182. The van der Waals surface area contributed by atoms with E-state index in [1.54, 1.807) is 12.1 Å². The van der Waals surface area contributed by atoms with Gasteiger partial charge in [-0.15, -0.1) is 0 Å². The van der Waals surface area contributed by atoms with Gasteiger partial charge in [0.25, 0.3) is 5.69 Å². The molecule has 0 radical (unpaired) electrons. The molecule has 1 heterocycles. The van der Waals surface area contributed by atoms with Crippen LogP contribution in [0.5, 0.6) is 5.75 Å². The van der Waals surface area contributed by atoms with Crippen LogP contribution in [-0.2, 0) is 6.61 Å². The van der Waals surface area contributed by atoms with E-state index >= 15 is 0 Å². The summed E-state index contributed by atoms with van der Waals surface area (Å²) >= 11 is 0. The number of hydrazone groups is 1. The van der Waals surface area contributed by atoms with Gasteiger partial charge in [0.05, 0.1) is 11.1 Å². The minimum absolute atomic E-state index is 0.0557. The summed E-state index contributed by atoms with van der Waals surface area (Å²) in [4.78, 5) is 22.4. The van der Waals surface area contributed by atoms with E-state index in [9.17, 15) is 14.9 Å². The highest BCUT2D eigenvalue weighted by molar-refractivity contribution is 5.92. The molecule has 0 spiro atoms. The van der Waals surface area contributed by atoms with Gasteiger partial charge in [-0.1, -0.05) is 38.1 Å². The third-order valence-corrected chi connectivity index (χ3v) is 4.27. The smallest absolute Gasteiger partial charge is 0.307 e. The van der Waals surface area contributed by atoms with E-state index in [1.165, 1.54) is 36.0 Å². The molecule has 0 aliphatic carbocycles. The number of nitrogens with one attached hydrogen (secondary N) is 1. The third kappa shape index (κ3) is 5.54. The summed E-state index contributed by atoms with van der Waals surface area (Å²) in [7, 11) is 0. The van der Waals surface area contributed by atoms with Gasteiger partial charge >= 0.3 is 5.91 Å². The molecule has 0 saturated heterocycles. The summed E-state index contributed by atoms with van der Waals surface area (Å²) in [6, 6.07) is 16.9. The Morgan fingerprint density at radius 1 is 1.20 bits per heavy atom. The lowest BCUT2D eigenvalue weighted by Crippen LogP contribution is -2.16. The Labute approximate surface area is 173 Å². The van der Waals surface area contributed by atoms with E-state index in [4.69, 9.17) is 9.15 Å². The maximum atomic E-state index is 12.1. The van der Waals surface area contributed by atoms with Crippen molar-refractivity contribution in [1.82, 2.24) is 5.43 Å². The zero-order valence-corrected chi connectivity index (χ0v) is 16.6. The van der Waals surface area contributed by atoms with Gasteiger partial charge in [-0.05, 0) is 35.7 Å². The number of rotatable bonds is 8. The zero-order valence-electron chi connectivity index (χ0n) is 16.6. The molecule has 3 aromatic rings. The first-order valence-electron chi connectivity index (χ1n) is 9.31. The van der Waals surface area contributed by atoms with Crippen molar-refractivity contribution in [3.05, 3.63) is 93.4 Å². The molecule has 8 heteroatoms. The van der Waals surface area contributed by atoms with Gasteiger partial charge in [-0.3, -0.25) is 14.9 Å². The number of carbonyl (C=O) groups is 1. The molecule has 0 aliphatic rings. The van der Waals surface area contributed by atoms with Crippen molar-refractivity contribution in [2.24, 2.45) is 5.10 Å². The first-order valence-corrected chi connectivity index (χ1v) is 9.31. The summed E-state index contributed by atoms with van der Waals surface area (Å²) in [5, 5.41) is 14.6. The Balaban J connectivity index is 1.53. The van der Waals surface area contributed by atoms with Gasteiger partial charge in [-0.25, -0.2) is 5.43 Å². The van der Waals surface area contributed by atoms with Crippen LogP contribution in [0.4, 0.5) is 5.69 Å². The highest BCUT2D eigenvalue weighted by Crippen LogP contribution is 2.20. The van der Waals surface area contributed by atoms with Crippen LogP contribution in [0.3, 0.4) is 0 Å². The van der Waals surface area contributed by atoms with E-state index in [-0.39, 0.29) is 18.1 Å². The van der Waals surface area contributed by atoms with E-state index in [0.29, 0.717) is 23.0 Å². The minimum Gasteiger partial charge on any atom is -0.486 e. The molecule has 30 heavy (non-hydrogen) atoms. The fourth-order valence-electron chi connectivity index (χ4n) is 2.62. The Bertz CT molecular complexity index is 1050. The van der Waals surface area contributed by atoms with Gasteiger partial charge in [0.1, 0.15) is 18.1 Å². The van der Waals surface area contributed by atoms with Gasteiger partial charge in [0.2, 0.25) is 0 Å². The number of hydrogen-bond acceptors (Lipinski definition) is 6. The van der Waals surface area contributed by atoms with E-state index < -0.39 is 10.8 Å². The number of nitro groups is 1. The zero-order chi connectivity index (χ0) is 21.5. The first kappa shape index (κ1) is 20.8. The number of non-ortho nitro benzene ring substituents is 1. The van der Waals surface area contributed by atoms with Crippen molar-refractivity contribution in [3.63, 3.8) is 0 Å². The molecular weight excluding hydrogens is 386 g/mol. The summed E-state index contributed by atoms with van der Waals surface area (Å²) in [5.41, 5.74) is 3.98. The second kappa shape index (κ2) is 9.51. The molecule has 0 atom stereocenters. The lowest BCUT2D eigenvalue weighted by molar-refractivity contribution is -0.384. The molecule has 0 bridgehead atoms. The van der Waals surface area contributed by atoms with E-state index in [0.717, 1.165) is 0 Å². The quantitative estimate of drug-likeness (QED) is 0.332. The number of nitro benzene ring substituents is 1. The molecule has 1 amide bonds. The van der Waals surface area contributed by atoms with Crippen molar-refractivity contribution in [3.8, 4) is 5.75 Å². The average Bonchev–Trinajstić information content (AvgIpc) is 3.22. The summed E-state index contributed by atoms with van der Waals surface area (Å²) < 4.78 is 11.2. The molecule has 8 nitrogen and oxygen atoms in total. The summed E-state index contributed by atoms with van der Waals surface area (Å²) in [6.07, 6.45) is 1.32. The van der Waals surface area contributed by atoms with Gasteiger partial charge < -0.3 is 9.15 Å². The first-order chi connectivity index (χ1) is 14.4. The topological polar surface area (TPSA) is 107 Å². The molecule has 0 unspecified atom stereocenters. The molecule has 0 aliphatic heterocycles. The van der Waals surface area contributed by atoms with Crippen LogP contribution in [0.1, 0.15) is 47.2 Å². The molecule has 1 N–H and O–H groups in total. The van der Waals surface area contributed by atoms with Crippen LogP contribution in [0.2, 0.25) is 0 Å². The van der Waals surface area contributed by atoms with Crippen LogP contribution in [-0.4, -0.2) is 17.0 Å². The minimum atomic E-state index is -0.538. The van der Waals surface area contributed by atoms with Gasteiger partial charge in [0, 0.05) is 17.7 Å². The second-order valence-corrected chi connectivity index (χ2v) is 6.83. The Hall–Kier alpha value is -3.94. The predicted octanol–water partition coefficient (Wildman–Crippen LogP) is 4.65. The van der Waals surface area contributed by atoms with Crippen LogP contribution < -0.4 is 10.2 Å². The number of amides is 1. The fourth-order valence-corrected chi connectivity index (χ4v) is 2.62. The van der Waals surface area contributed by atoms with E-state index in [1.807, 2.05) is 24.3 Å². The molecule has 0 saturated carbocycles. The molecular formula is C22H21N3O5. The van der Waals surface area contributed by atoms with Crippen molar-refractivity contribution in [1.29, 1.82) is 0 Å². The lowest BCUT2D eigenvalue weighted by Gasteiger charge is -2.07. The maximum absolute atomic E-state index is 12.1. The number of ether oxygens (including phenoxy) is 1. The average molecular weight is 407 g/mol. The van der Waals surface area contributed by atoms with Gasteiger partial charge in [-0.2, -0.15) is 5.10 Å². The number of hydrogen-bond donors (Lipinski definition) is 1.